The highest BCUT2D eigenvalue weighted by atomic mass is 19.3. The first kappa shape index (κ1) is 13.3. The molecule has 0 aromatic heterocycles. The Kier molecular flexibility index (Phi) is 3.64. The Bertz CT molecular complexity index is 535. The van der Waals surface area contributed by atoms with E-state index in [0.717, 1.165) is 12.2 Å². The van der Waals surface area contributed by atoms with Crippen LogP contribution >= 0.6 is 0 Å². The summed E-state index contributed by atoms with van der Waals surface area (Å²) in [6.07, 6.45) is 2.28. The predicted molar refractivity (Wildman–Crippen MR) is 66.0 cm³/mol. The van der Waals surface area contributed by atoms with Gasteiger partial charge in [0.15, 0.2) is 6.10 Å². The van der Waals surface area contributed by atoms with Crippen LogP contribution in [0.15, 0.2) is 42.5 Å². The summed E-state index contributed by atoms with van der Waals surface area (Å²) < 4.78 is 36.7. The lowest BCUT2D eigenvalue weighted by molar-refractivity contribution is -0.157. The van der Waals surface area contributed by atoms with Crippen LogP contribution in [0.5, 0.6) is 5.75 Å². The monoisotopic (exact) mass is 266 g/mol. The molecule has 0 saturated carbocycles. The molecule has 0 spiro atoms. The minimum Gasteiger partial charge on any atom is -0.496 e. The number of cyclic esters (lactones) is 1. The fourth-order valence-electron chi connectivity index (χ4n) is 1.68. The van der Waals surface area contributed by atoms with Gasteiger partial charge in [0.2, 0.25) is 0 Å². The fraction of sp³-hybridized carbons (Fsp3) is 0.214. The van der Waals surface area contributed by atoms with Gasteiger partial charge in [-0.15, -0.1) is 0 Å². The van der Waals surface area contributed by atoms with Crippen LogP contribution in [0.3, 0.4) is 0 Å². The Morgan fingerprint density at radius 2 is 2.11 bits per heavy atom. The zero-order valence-corrected chi connectivity index (χ0v) is 10.2. The molecule has 1 aliphatic heterocycles. The molecule has 0 radical (unpaired) electrons. The van der Waals surface area contributed by atoms with E-state index in [2.05, 4.69) is 4.74 Å². The maximum absolute atomic E-state index is 13.5. The van der Waals surface area contributed by atoms with Crippen molar-refractivity contribution in [3.8, 4) is 5.75 Å². The average Bonchev–Trinajstić information content (AvgIpc) is 2.40. The molecule has 0 amide bonds. The molecule has 19 heavy (non-hydrogen) atoms. The van der Waals surface area contributed by atoms with Crippen LogP contribution in [0.25, 0.3) is 6.08 Å². The van der Waals surface area contributed by atoms with E-state index in [4.69, 9.17) is 4.74 Å². The Morgan fingerprint density at radius 1 is 1.37 bits per heavy atom. The van der Waals surface area contributed by atoms with E-state index >= 15 is 0 Å². The number of carbonyl (C=O) groups excluding carboxylic acids is 1. The minimum absolute atomic E-state index is 0.552. The summed E-state index contributed by atoms with van der Waals surface area (Å²) in [4.78, 5) is 11.0. The van der Waals surface area contributed by atoms with Crippen molar-refractivity contribution in [1.82, 2.24) is 0 Å². The second-order valence-electron chi connectivity index (χ2n) is 3.97. The van der Waals surface area contributed by atoms with Crippen LogP contribution in [0.1, 0.15) is 5.56 Å². The van der Waals surface area contributed by atoms with E-state index in [-0.39, 0.29) is 0 Å². The van der Waals surface area contributed by atoms with Crippen LogP contribution in [-0.4, -0.2) is 25.1 Å². The number of rotatable bonds is 3. The first-order chi connectivity index (χ1) is 9.03. The van der Waals surface area contributed by atoms with Crippen molar-refractivity contribution in [3.05, 3.63) is 48.1 Å². The highest BCUT2D eigenvalue weighted by Gasteiger charge is 2.41. The topological polar surface area (TPSA) is 35.5 Å². The standard InChI is InChI=1S/C14H12F2O3/c1-18-11-5-3-2-4-10(11)6-7-12-14(15,16)9-8-13(17)19-12/h2-9,12H,1H3/b7-6+/t12-/m1/s1. The summed E-state index contributed by atoms with van der Waals surface area (Å²) >= 11 is 0. The van der Waals surface area contributed by atoms with Gasteiger partial charge < -0.3 is 9.47 Å². The molecule has 0 N–H and O–H groups in total. The summed E-state index contributed by atoms with van der Waals surface area (Å²) in [6.45, 7) is 0. The predicted octanol–water partition coefficient (Wildman–Crippen LogP) is 2.83. The Hall–Kier alpha value is -2.17. The van der Waals surface area contributed by atoms with Gasteiger partial charge in [0.1, 0.15) is 5.75 Å². The molecular formula is C14H12F2O3. The van der Waals surface area contributed by atoms with Crippen molar-refractivity contribution in [2.75, 3.05) is 7.11 Å². The lowest BCUT2D eigenvalue weighted by Gasteiger charge is -2.24. The van der Waals surface area contributed by atoms with Gasteiger partial charge in [-0.05, 0) is 18.2 Å². The molecule has 0 saturated heterocycles. The summed E-state index contributed by atoms with van der Waals surface area (Å²) in [5, 5.41) is 0. The number of methoxy groups -OCH3 is 1. The van der Waals surface area contributed by atoms with Crippen LogP contribution in [0.4, 0.5) is 8.78 Å². The van der Waals surface area contributed by atoms with Crippen molar-refractivity contribution in [3.63, 3.8) is 0 Å². The highest BCUT2D eigenvalue weighted by Crippen LogP contribution is 2.29. The van der Waals surface area contributed by atoms with Gasteiger partial charge in [0, 0.05) is 11.6 Å². The molecule has 0 unspecified atom stereocenters. The average molecular weight is 266 g/mol. The van der Waals surface area contributed by atoms with Gasteiger partial charge in [-0.1, -0.05) is 24.3 Å². The number of para-hydroxylation sites is 1. The third-order valence-corrected chi connectivity index (χ3v) is 2.65. The van der Waals surface area contributed by atoms with Crippen molar-refractivity contribution in [2.24, 2.45) is 0 Å². The molecule has 1 aromatic carbocycles. The summed E-state index contributed by atoms with van der Waals surface area (Å²) in [7, 11) is 1.49. The SMILES string of the molecule is COc1ccccc1/C=C/[C@H]1OC(=O)C=CC1(F)F. The fourth-order valence-corrected chi connectivity index (χ4v) is 1.68. The zero-order valence-electron chi connectivity index (χ0n) is 10.2. The van der Waals surface area contributed by atoms with E-state index in [0.29, 0.717) is 17.4 Å². The molecular weight excluding hydrogens is 254 g/mol. The molecule has 0 aliphatic carbocycles. The second-order valence-corrected chi connectivity index (χ2v) is 3.97. The number of ether oxygens (including phenoxy) is 2. The summed E-state index contributed by atoms with van der Waals surface area (Å²) in [6, 6.07) is 6.96. The van der Waals surface area contributed by atoms with Gasteiger partial charge in [0.25, 0.3) is 0 Å². The van der Waals surface area contributed by atoms with Crippen LogP contribution in [0, 0.1) is 0 Å². The first-order valence-electron chi connectivity index (χ1n) is 5.62. The quantitative estimate of drug-likeness (QED) is 0.789. The maximum atomic E-state index is 13.5. The molecule has 1 aliphatic rings. The van der Waals surface area contributed by atoms with Gasteiger partial charge in [-0.2, -0.15) is 8.78 Å². The first-order valence-corrected chi connectivity index (χ1v) is 5.62. The molecule has 1 heterocycles. The molecule has 2 rings (SSSR count). The summed E-state index contributed by atoms with van der Waals surface area (Å²) in [5.41, 5.74) is 0.631. The van der Waals surface area contributed by atoms with E-state index < -0.39 is 18.0 Å². The van der Waals surface area contributed by atoms with Crippen molar-refractivity contribution >= 4 is 12.0 Å². The summed E-state index contributed by atoms with van der Waals surface area (Å²) in [5.74, 6) is -3.42. The number of esters is 1. The zero-order chi connectivity index (χ0) is 13.9. The molecule has 5 heteroatoms. The van der Waals surface area contributed by atoms with Gasteiger partial charge in [-0.25, -0.2) is 4.79 Å². The lowest BCUT2D eigenvalue weighted by atomic mass is 10.1. The highest BCUT2D eigenvalue weighted by molar-refractivity contribution is 5.83. The van der Waals surface area contributed by atoms with Crippen molar-refractivity contribution < 1.29 is 23.0 Å². The molecule has 3 nitrogen and oxygen atoms in total. The number of carbonyl (C=O) groups is 1. The molecule has 1 aromatic rings. The molecule has 0 fully saturated rings. The van der Waals surface area contributed by atoms with Crippen molar-refractivity contribution in [2.45, 2.75) is 12.0 Å². The third kappa shape index (κ3) is 2.99. The van der Waals surface area contributed by atoms with E-state index in [1.807, 2.05) is 0 Å². The van der Waals surface area contributed by atoms with E-state index in [1.54, 1.807) is 24.3 Å². The minimum atomic E-state index is -3.20. The maximum Gasteiger partial charge on any atom is 0.331 e. The number of hydrogen-bond donors (Lipinski definition) is 0. The van der Waals surface area contributed by atoms with Crippen LogP contribution in [0.2, 0.25) is 0 Å². The Morgan fingerprint density at radius 3 is 2.84 bits per heavy atom. The van der Waals surface area contributed by atoms with E-state index in [1.165, 1.54) is 13.2 Å². The molecule has 1 atom stereocenters. The Labute approximate surface area is 109 Å². The number of halogens is 2. The normalized spacial score (nSPS) is 21.4. The van der Waals surface area contributed by atoms with Gasteiger partial charge in [0.05, 0.1) is 7.11 Å². The third-order valence-electron chi connectivity index (χ3n) is 2.65. The largest absolute Gasteiger partial charge is 0.496 e. The van der Waals surface area contributed by atoms with Gasteiger partial charge >= 0.3 is 11.9 Å². The number of benzene rings is 1. The van der Waals surface area contributed by atoms with Crippen LogP contribution in [-0.2, 0) is 9.53 Å². The Balaban J connectivity index is 2.22. The number of alkyl halides is 2. The van der Waals surface area contributed by atoms with Crippen molar-refractivity contribution in [1.29, 1.82) is 0 Å². The number of hydrogen-bond acceptors (Lipinski definition) is 3. The van der Waals surface area contributed by atoms with Gasteiger partial charge in [-0.3, -0.25) is 0 Å². The molecule has 100 valence electrons. The second kappa shape index (κ2) is 5.22. The smallest absolute Gasteiger partial charge is 0.331 e. The molecule has 0 bridgehead atoms. The van der Waals surface area contributed by atoms with Crippen LogP contribution < -0.4 is 4.74 Å². The van der Waals surface area contributed by atoms with E-state index in [9.17, 15) is 13.6 Å². The lowest BCUT2D eigenvalue weighted by Crippen LogP contribution is -2.37.